The Kier molecular flexibility index (Phi) is 6.44. The molecule has 0 aliphatic carbocycles. The van der Waals surface area contributed by atoms with Crippen molar-refractivity contribution in [2.24, 2.45) is 0 Å². The highest BCUT2D eigenvalue weighted by Crippen LogP contribution is 2.44. The zero-order valence-corrected chi connectivity index (χ0v) is 24.1. The Morgan fingerprint density at radius 3 is 1.69 bits per heavy atom. The smallest absolute Gasteiger partial charge is 0.187 e. The first kappa shape index (κ1) is 26.3. The summed E-state index contributed by atoms with van der Waals surface area (Å²) >= 11 is 0. The Morgan fingerprint density at radius 2 is 1.02 bits per heavy atom. The van der Waals surface area contributed by atoms with E-state index in [4.69, 9.17) is 25.9 Å². The molecular formula is C40H24N4O. The van der Waals surface area contributed by atoms with Gasteiger partial charge in [0, 0.05) is 21.9 Å². The molecule has 2 heterocycles. The van der Waals surface area contributed by atoms with Crippen molar-refractivity contribution in [1.29, 1.82) is 0 Å². The van der Waals surface area contributed by atoms with E-state index < -0.39 is 0 Å². The van der Waals surface area contributed by atoms with Crippen LogP contribution in [0.3, 0.4) is 0 Å². The van der Waals surface area contributed by atoms with Gasteiger partial charge in [0.2, 0.25) is 0 Å². The van der Waals surface area contributed by atoms with Gasteiger partial charge in [0.15, 0.2) is 23.2 Å². The monoisotopic (exact) mass is 576 g/mol. The molecule has 0 saturated carbocycles. The maximum atomic E-state index is 7.40. The number of rotatable bonds is 5. The van der Waals surface area contributed by atoms with Crippen molar-refractivity contribution in [3.8, 4) is 56.4 Å². The zero-order valence-electron chi connectivity index (χ0n) is 24.1. The highest BCUT2D eigenvalue weighted by molar-refractivity contribution is 6.12. The minimum atomic E-state index is 0.528. The maximum absolute atomic E-state index is 7.40. The molecule has 0 radical (unpaired) electrons. The molecule has 0 saturated heterocycles. The van der Waals surface area contributed by atoms with Crippen LogP contribution >= 0.6 is 0 Å². The van der Waals surface area contributed by atoms with Crippen LogP contribution in [-0.2, 0) is 0 Å². The molecule has 5 nitrogen and oxygen atoms in total. The van der Waals surface area contributed by atoms with Crippen molar-refractivity contribution in [1.82, 2.24) is 15.0 Å². The number of benzene rings is 6. The largest absolute Gasteiger partial charge is 0.455 e. The first-order chi connectivity index (χ1) is 22.3. The van der Waals surface area contributed by atoms with Gasteiger partial charge >= 0.3 is 0 Å². The molecule has 210 valence electrons. The lowest BCUT2D eigenvalue weighted by molar-refractivity contribution is 0.669. The number of hydrogen-bond acceptors (Lipinski definition) is 4. The molecule has 0 aliphatic heterocycles. The Labute approximate surface area is 260 Å². The number of nitrogens with zero attached hydrogens (tertiary/aromatic N) is 4. The lowest BCUT2D eigenvalue weighted by atomic mass is 9.90. The Morgan fingerprint density at radius 1 is 0.444 bits per heavy atom. The molecule has 0 spiro atoms. The predicted octanol–water partition coefficient (Wildman–Crippen LogP) is 10.7. The highest BCUT2D eigenvalue weighted by atomic mass is 16.3. The van der Waals surface area contributed by atoms with Gasteiger partial charge in [-0.25, -0.2) is 19.8 Å². The highest BCUT2D eigenvalue weighted by Gasteiger charge is 2.23. The summed E-state index contributed by atoms with van der Waals surface area (Å²) in [7, 11) is 0. The molecule has 0 aliphatic rings. The van der Waals surface area contributed by atoms with Crippen molar-refractivity contribution in [2.75, 3.05) is 0 Å². The van der Waals surface area contributed by atoms with Gasteiger partial charge in [-0.1, -0.05) is 133 Å². The van der Waals surface area contributed by atoms with Crippen LogP contribution in [0.15, 0.2) is 150 Å². The lowest BCUT2D eigenvalue weighted by Gasteiger charge is -2.15. The predicted molar refractivity (Wildman–Crippen MR) is 181 cm³/mol. The summed E-state index contributed by atoms with van der Waals surface area (Å²) in [4.78, 5) is 18.7. The first-order valence-corrected chi connectivity index (χ1v) is 14.7. The van der Waals surface area contributed by atoms with Crippen LogP contribution < -0.4 is 0 Å². The molecule has 0 atom stereocenters. The summed E-state index contributed by atoms with van der Waals surface area (Å²) in [6.45, 7) is 7.40. The number of para-hydroxylation sites is 1. The Balaban J connectivity index is 1.46. The fourth-order valence-corrected chi connectivity index (χ4v) is 5.84. The van der Waals surface area contributed by atoms with E-state index in [2.05, 4.69) is 35.2 Å². The normalized spacial score (nSPS) is 11.1. The molecule has 2 aromatic heterocycles. The molecule has 5 heteroatoms. The van der Waals surface area contributed by atoms with E-state index in [-0.39, 0.29) is 0 Å². The molecule has 8 rings (SSSR count). The van der Waals surface area contributed by atoms with E-state index in [1.807, 2.05) is 115 Å². The molecule has 0 unspecified atom stereocenters. The fraction of sp³-hybridized carbons (Fsp3) is 0. The van der Waals surface area contributed by atoms with Crippen LogP contribution in [-0.4, -0.2) is 15.0 Å². The van der Waals surface area contributed by atoms with Crippen LogP contribution in [0.5, 0.6) is 0 Å². The molecule has 8 aromatic rings. The van der Waals surface area contributed by atoms with Gasteiger partial charge in [-0.2, -0.15) is 0 Å². The summed E-state index contributed by atoms with van der Waals surface area (Å²) < 4.78 is 6.63. The van der Waals surface area contributed by atoms with Crippen LogP contribution in [0, 0.1) is 6.57 Å². The van der Waals surface area contributed by atoms with Gasteiger partial charge < -0.3 is 4.42 Å². The molecule has 0 fully saturated rings. The minimum absolute atomic E-state index is 0.528. The summed E-state index contributed by atoms with van der Waals surface area (Å²) in [5, 5.41) is 2.02. The third-order valence-corrected chi connectivity index (χ3v) is 7.99. The van der Waals surface area contributed by atoms with Gasteiger partial charge in [-0.05, 0) is 34.4 Å². The fourth-order valence-electron chi connectivity index (χ4n) is 5.84. The average Bonchev–Trinajstić information content (AvgIpc) is 3.50. The van der Waals surface area contributed by atoms with Crippen molar-refractivity contribution >= 4 is 27.6 Å². The van der Waals surface area contributed by atoms with Gasteiger partial charge in [0.25, 0.3) is 0 Å². The van der Waals surface area contributed by atoms with E-state index in [9.17, 15) is 0 Å². The summed E-state index contributed by atoms with van der Waals surface area (Å²) in [5.74, 6) is 1.70. The SMILES string of the molecule is [C-]#[N+]c1ccc(-c2ccccc2-c2ccc3c(oc4ccccc43)c2-c2nc(-c3ccccc3)nc(-c3ccccc3)n2)cc1. The summed E-state index contributed by atoms with van der Waals surface area (Å²) in [5.41, 5.74) is 8.72. The first-order valence-electron chi connectivity index (χ1n) is 14.7. The second-order valence-electron chi connectivity index (χ2n) is 10.7. The maximum Gasteiger partial charge on any atom is 0.187 e. The number of hydrogen-bond donors (Lipinski definition) is 0. The van der Waals surface area contributed by atoms with Crippen LogP contribution in [0.1, 0.15) is 0 Å². The van der Waals surface area contributed by atoms with E-state index in [0.29, 0.717) is 23.2 Å². The van der Waals surface area contributed by atoms with E-state index in [1.165, 1.54) is 0 Å². The second kappa shape index (κ2) is 11.0. The number of furan rings is 1. The van der Waals surface area contributed by atoms with Crippen LogP contribution in [0.2, 0.25) is 0 Å². The molecular weight excluding hydrogens is 552 g/mol. The average molecular weight is 577 g/mol. The second-order valence-corrected chi connectivity index (χ2v) is 10.7. The van der Waals surface area contributed by atoms with Gasteiger partial charge in [0.05, 0.1) is 12.1 Å². The third kappa shape index (κ3) is 4.71. The molecule has 0 amide bonds. The Bertz CT molecular complexity index is 2310. The van der Waals surface area contributed by atoms with Gasteiger partial charge in [-0.15, -0.1) is 0 Å². The zero-order chi connectivity index (χ0) is 30.2. The van der Waals surface area contributed by atoms with E-state index in [0.717, 1.165) is 60.9 Å². The lowest BCUT2D eigenvalue weighted by Crippen LogP contribution is -2.01. The third-order valence-electron chi connectivity index (χ3n) is 7.99. The van der Waals surface area contributed by atoms with Gasteiger partial charge in [0.1, 0.15) is 11.2 Å². The standard InChI is InChI=1S/C40H24N4O/c1-41-29-22-20-26(21-23-29)30-16-8-9-17-31(30)33-24-25-34-32-18-10-11-19-35(32)45-37(34)36(33)40-43-38(27-12-4-2-5-13-27)42-39(44-40)28-14-6-3-7-15-28/h2-25H. The number of aromatic nitrogens is 3. The van der Waals surface area contributed by atoms with Crippen molar-refractivity contribution in [3.63, 3.8) is 0 Å². The van der Waals surface area contributed by atoms with Gasteiger partial charge in [-0.3, -0.25) is 0 Å². The van der Waals surface area contributed by atoms with Crippen LogP contribution in [0.4, 0.5) is 5.69 Å². The topological polar surface area (TPSA) is 56.2 Å². The number of fused-ring (bicyclic) bond motifs is 3. The molecule has 6 aromatic carbocycles. The molecule has 0 bridgehead atoms. The molecule has 45 heavy (non-hydrogen) atoms. The Hall–Kier alpha value is -6.38. The summed E-state index contributed by atoms with van der Waals surface area (Å²) in [6.07, 6.45) is 0. The van der Waals surface area contributed by atoms with Crippen molar-refractivity contribution in [2.45, 2.75) is 0 Å². The quantitative estimate of drug-likeness (QED) is 0.191. The van der Waals surface area contributed by atoms with Crippen LogP contribution in [0.25, 0.3) is 83.2 Å². The minimum Gasteiger partial charge on any atom is -0.455 e. The van der Waals surface area contributed by atoms with E-state index in [1.54, 1.807) is 0 Å². The van der Waals surface area contributed by atoms with E-state index >= 15 is 0 Å². The van der Waals surface area contributed by atoms with Crippen molar-refractivity contribution in [3.05, 3.63) is 157 Å². The molecule has 0 N–H and O–H groups in total. The van der Waals surface area contributed by atoms with Crippen molar-refractivity contribution < 1.29 is 4.42 Å². The summed E-state index contributed by atoms with van der Waals surface area (Å²) in [6, 6.07) is 48.3.